The van der Waals surface area contributed by atoms with Crippen molar-refractivity contribution in [2.75, 3.05) is 0 Å². The van der Waals surface area contributed by atoms with Crippen LogP contribution in [0.5, 0.6) is 0 Å². The Kier molecular flexibility index (Phi) is 5.76. The molecule has 1 aliphatic rings. The minimum atomic E-state index is 0. The monoisotopic (exact) mass is 472 g/mol. The van der Waals surface area contributed by atoms with E-state index in [2.05, 4.69) is 56.9 Å². The maximum absolute atomic E-state index is 4.45. The molecule has 0 amide bonds. The summed E-state index contributed by atoms with van der Waals surface area (Å²) in [6, 6.07) is 14.0. The number of hydrogen-bond acceptors (Lipinski definition) is 1. The third-order valence-electron chi connectivity index (χ3n) is 4.72. The molecule has 3 rings (SSSR count). The van der Waals surface area contributed by atoms with Gasteiger partial charge in [-0.3, -0.25) is 0 Å². The van der Waals surface area contributed by atoms with Gasteiger partial charge in [-0.1, -0.05) is 46.2 Å². The van der Waals surface area contributed by atoms with E-state index in [1.165, 1.54) is 24.0 Å². The molecule has 2 aromatic rings. The summed E-state index contributed by atoms with van der Waals surface area (Å²) in [4.78, 5) is 4.45. The van der Waals surface area contributed by atoms with Crippen LogP contribution in [-0.2, 0) is 30.9 Å². The number of rotatable bonds is 1. The predicted octanol–water partition coefficient (Wildman–Crippen LogP) is 5.35. The molecule has 1 aromatic carbocycles. The van der Waals surface area contributed by atoms with E-state index in [9.17, 15) is 0 Å². The van der Waals surface area contributed by atoms with Crippen molar-refractivity contribution >= 4 is 0 Å². The Morgan fingerprint density at radius 1 is 1.00 bits per heavy atom. The fourth-order valence-electron chi connectivity index (χ4n) is 3.18. The first kappa shape index (κ1) is 19.1. The molecule has 0 fully saturated rings. The van der Waals surface area contributed by atoms with Gasteiger partial charge in [0, 0.05) is 26.3 Å². The van der Waals surface area contributed by atoms with Crippen LogP contribution < -0.4 is 0 Å². The fourth-order valence-corrected chi connectivity index (χ4v) is 3.18. The largest absolute Gasteiger partial charge is 0.358 e. The van der Waals surface area contributed by atoms with E-state index in [-0.39, 0.29) is 38.4 Å². The maximum atomic E-state index is 4.45. The third kappa shape index (κ3) is 3.34. The molecule has 1 nitrogen and oxygen atoms in total. The van der Waals surface area contributed by atoms with Crippen molar-refractivity contribution in [3.8, 4) is 11.3 Å². The van der Waals surface area contributed by atoms with Crippen LogP contribution in [0, 0.1) is 13.5 Å². The van der Waals surface area contributed by atoms with Crippen molar-refractivity contribution < 1.29 is 20.1 Å². The van der Waals surface area contributed by atoms with Crippen LogP contribution in [0.15, 0.2) is 36.5 Å². The molecule has 0 bridgehead atoms. The van der Waals surface area contributed by atoms with E-state index in [1.54, 1.807) is 0 Å². The van der Waals surface area contributed by atoms with Crippen LogP contribution in [0.1, 0.15) is 51.7 Å². The molecular weight excluding hydrogens is 446 g/mol. The van der Waals surface area contributed by atoms with Gasteiger partial charge < -0.3 is 12.4 Å². The van der Waals surface area contributed by atoms with E-state index in [0.29, 0.717) is 0 Å². The summed E-state index contributed by atoms with van der Waals surface area (Å²) in [5, 5.41) is 0. The van der Waals surface area contributed by atoms with E-state index in [4.69, 9.17) is 0 Å². The summed E-state index contributed by atoms with van der Waals surface area (Å²) in [7, 11) is 0. The number of pyridine rings is 1. The standard InChI is InChI=1S/C19H22N.CH3.Ir/c1-18(2)10-11-19(3,4)16-13-14(8-9-15(16)18)17-7-5-6-12-20-17;;/h5-7,9,12-13H,10-11H2,1-4H3;1H3;/q2*-1;. The molecule has 0 atom stereocenters. The summed E-state index contributed by atoms with van der Waals surface area (Å²) in [5.74, 6) is 0. The van der Waals surface area contributed by atoms with Crippen molar-refractivity contribution in [2.24, 2.45) is 0 Å². The van der Waals surface area contributed by atoms with Gasteiger partial charge in [-0.15, -0.1) is 34.9 Å². The summed E-state index contributed by atoms with van der Waals surface area (Å²) >= 11 is 0. The van der Waals surface area contributed by atoms with Crippen LogP contribution in [0.4, 0.5) is 0 Å². The van der Waals surface area contributed by atoms with Gasteiger partial charge in [0.2, 0.25) is 0 Å². The minimum absolute atomic E-state index is 0. The van der Waals surface area contributed by atoms with Gasteiger partial charge in [0.15, 0.2) is 0 Å². The average molecular weight is 472 g/mol. The molecule has 22 heavy (non-hydrogen) atoms. The SMILES string of the molecule is CC1(C)CCC(C)(C)c2cc(-c3ccccn3)[c-]cc21.[CH3-].[Ir]. The van der Waals surface area contributed by atoms with Crippen molar-refractivity contribution in [3.05, 3.63) is 61.1 Å². The smallest absolute Gasteiger partial charge is 0.0160 e. The summed E-state index contributed by atoms with van der Waals surface area (Å²) in [6.07, 6.45) is 4.32. The molecule has 1 heterocycles. The molecule has 0 N–H and O–H groups in total. The van der Waals surface area contributed by atoms with Crippen LogP contribution in [0.25, 0.3) is 11.3 Å². The second-order valence-corrected chi connectivity index (χ2v) is 7.16. The van der Waals surface area contributed by atoms with Crippen LogP contribution in [-0.4, -0.2) is 4.98 Å². The topological polar surface area (TPSA) is 12.9 Å². The first-order chi connectivity index (χ1) is 9.40. The Balaban J connectivity index is 0.00000121. The van der Waals surface area contributed by atoms with Crippen molar-refractivity contribution in [2.45, 2.75) is 51.4 Å². The molecule has 121 valence electrons. The number of benzene rings is 1. The Labute approximate surface area is 148 Å². The number of hydrogen-bond donors (Lipinski definition) is 0. The molecule has 0 spiro atoms. The molecule has 0 unspecified atom stereocenters. The third-order valence-corrected chi connectivity index (χ3v) is 4.72. The fraction of sp³-hybridized carbons (Fsp3) is 0.400. The Morgan fingerprint density at radius 3 is 2.23 bits per heavy atom. The quantitative estimate of drug-likeness (QED) is 0.511. The summed E-state index contributed by atoms with van der Waals surface area (Å²) < 4.78 is 0. The molecule has 1 radical (unpaired) electrons. The van der Waals surface area contributed by atoms with Gasteiger partial charge in [-0.2, -0.15) is 0 Å². The molecule has 1 aromatic heterocycles. The first-order valence-corrected chi connectivity index (χ1v) is 7.38. The molecule has 1 aliphatic carbocycles. The second kappa shape index (κ2) is 6.64. The van der Waals surface area contributed by atoms with Gasteiger partial charge in [-0.05, 0) is 29.0 Å². The van der Waals surface area contributed by atoms with Crippen LogP contribution >= 0.6 is 0 Å². The van der Waals surface area contributed by atoms with E-state index in [0.717, 1.165) is 11.3 Å². The predicted molar refractivity (Wildman–Crippen MR) is 90.2 cm³/mol. The zero-order valence-corrected chi connectivity index (χ0v) is 16.6. The van der Waals surface area contributed by atoms with Gasteiger partial charge in [0.05, 0.1) is 0 Å². The van der Waals surface area contributed by atoms with Gasteiger partial charge in [0.1, 0.15) is 0 Å². The van der Waals surface area contributed by atoms with E-state index < -0.39 is 0 Å². The normalized spacial score (nSPS) is 17.6. The maximum Gasteiger partial charge on any atom is 0.0160 e. The van der Waals surface area contributed by atoms with Crippen molar-refractivity contribution in [3.63, 3.8) is 0 Å². The second-order valence-electron chi connectivity index (χ2n) is 7.16. The van der Waals surface area contributed by atoms with Gasteiger partial charge >= 0.3 is 0 Å². The number of nitrogens with zero attached hydrogens (tertiary/aromatic N) is 1. The molecule has 0 saturated carbocycles. The zero-order chi connectivity index (χ0) is 14.4. The van der Waals surface area contributed by atoms with Gasteiger partial charge in [0.25, 0.3) is 0 Å². The van der Waals surface area contributed by atoms with Crippen molar-refractivity contribution in [1.82, 2.24) is 4.98 Å². The zero-order valence-electron chi connectivity index (χ0n) is 14.2. The number of aromatic nitrogens is 1. The van der Waals surface area contributed by atoms with Crippen molar-refractivity contribution in [1.29, 1.82) is 0 Å². The summed E-state index contributed by atoms with van der Waals surface area (Å²) in [5.41, 5.74) is 5.53. The average Bonchev–Trinajstić information content (AvgIpc) is 2.45. The molecule has 2 heteroatoms. The van der Waals surface area contributed by atoms with Crippen LogP contribution in [0.2, 0.25) is 0 Å². The Hall–Kier alpha value is -0.981. The first-order valence-electron chi connectivity index (χ1n) is 7.38. The van der Waals surface area contributed by atoms with Crippen LogP contribution in [0.3, 0.4) is 0 Å². The Bertz CT molecular complexity index is 629. The van der Waals surface area contributed by atoms with Gasteiger partial charge in [-0.25, -0.2) is 0 Å². The summed E-state index contributed by atoms with van der Waals surface area (Å²) in [6.45, 7) is 9.39. The Morgan fingerprint density at radius 2 is 1.64 bits per heavy atom. The molecule has 0 aliphatic heterocycles. The minimum Gasteiger partial charge on any atom is -0.358 e. The molecular formula is C20H25IrN-2. The molecule has 0 saturated heterocycles. The van der Waals surface area contributed by atoms with E-state index in [1.807, 2.05) is 18.3 Å². The van der Waals surface area contributed by atoms with E-state index >= 15 is 0 Å². The number of fused-ring (bicyclic) bond motifs is 1.